The van der Waals surface area contributed by atoms with Gasteiger partial charge in [-0.1, -0.05) is 6.07 Å². The molecule has 3 rings (SSSR count). The maximum atomic E-state index is 13.0. The number of carboxylic acid groups (broad SMARTS) is 3. The first kappa shape index (κ1) is 43.8. The van der Waals surface area contributed by atoms with Gasteiger partial charge >= 0.3 is 42.4 Å². The second-order valence-electron chi connectivity index (χ2n) is 10.4. The summed E-state index contributed by atoms with van der Waals surface area (Å²) in [4.78, 5) is 48.3. The lowest BCUT2D eigenvalue weighted by Crippen LogP contribution is -2.42. The third kappa shape index (κ3) is 16.5. The number of halogens is 9. The van der Waals surface area contributed by atoms with Crippen LogP contribution in [0.25, 0.3) is 0 Å². The summed E-state index contributed by atoms with van der Waals surface area (Å²) in [6, 6.07) is 4.34. The largest absolute Gasteiger partial charge is 0.490 e. The maximum absolute atomic E-state index is 13.0. The van der Waals surface area contributed by atoms with E-state index >= 15 is 0 Å². The Bertz CT molecular complexity index is 1080. The van der Waals surface area contributed by atoms with Crippen molar-refractivity contribution in [2.75, 3.05) is 60.0 Å². The molecule has 2 aliphatic rings. The number of likely N-dealkylation sites (N-methyl/N-ethyl adjacent to an activating group) is 1. The Morgan fingerprint density at radius 1 is 0.915 bits per heavy atom. The fourth-order valence-corrected chi connectivity index (χ4v) is 5.25. The Hall–Kier alpha value is -3.17. The first-order chi connectivity index (χ1) is 21.4. The van der Waals surface area contributed by atoms with Gasteiger partial charge < -0.3 is 29.9 Å². The minimum absolute atomic E-state index is 0.0373. The van der Waals surface area contributed by atoms with E-state index in [1.165, 1.54) is 4.88 Å². The molecule has 2 fully saturated rings. The molecule has 3 heterocycles. The van der Waals surface area contributed by atoms with Crippen molar-refractivity contribution in [2.24, 2.45) is 11.3 Å². The predicted octanol–water partition coefficient (Wildman–Crippen LogP) is 4.29. The van der Waals surface area contributed by atoms with Crippen LogP contribution in [0.1, 0.15) is 24.6 Å². The number of hydrogen-bond donors (Lipinski definition) is 3. The molecule has 0 bridgehead atoms. The smallest absolute Gasteiger partial charge is 0.475 e. The third-order valence-corrected chi connectivity index (χ3v) is 7.44. The minimum Gasteiger partial charge on any atom is -0.475 e. The highest BCUT2D eigenvalue weighted by molar-refractivity contribution is 7.09. The number of ether oxygens (including phenoxy) is 1. The quantitative estimate of drug-likeness (QED) is 0.274. The topological polar surface area (TPSA) is 148 Å². The Morgan fingerprint density at radius 2 is 1.38 bits per heavy atom. The molecule has 2 aliphatic heterocycles. The molecule has 1 aromatic rings. The molecule has 0 saturated carbocycles. The maximum Gasteiger partial charge on any atom is 0.490 e. The zero-order valence-electron chi connectivity index (χ0n) is 25.4. The number of likely N-dealkylation sites (tertiary alicyclic amines) is 2. The van der Waals surface area contributed by atoms with Crippen LogP contribution in [0.3, 0.4) is 0 Å². The molecule has 11 nitrogen and oxygen atoms in total. The average molecular weight is 722 g/mol. The summed E-state index contributed by atoms with van der Waals surface area (Å²) in [5, 5.41) is 23.5. The van der Waals surface area contributed by atoms with Crippen LogP contribution < -0.4 is 0 Å². The van der Waals surface area contributed by atoms with E-state index in [0.29, 0.717) is 12.5 Å². The molecule has 0 amide bonds. The number of fused-ring (bicyclic) bond motifs is 1. The van der Waals surface area contributed by atoms with Crippen LogP contribution in [0.4, 0.5) is 39.5 Å². The summed E-state index contributed by atoms with van der Waals surface area (Å²) < 4.78 is 101. The summed E-state index contributed by atoms with van der Waals surface area (Å²) in [5.74, 6) is -7.87. The Morgan fingerprint density at radius 3 is 1.77 bits per heavy atom. The number of rotatable bonds is 7. The number of carbonyl (C=O) groups is 4. The molecule has 0 spiro atoms. The predicted molar refractivity (Wildman–Crippen MR) is 147 cm³/mol. The van der Waals surface area contributed by atoms with Crippen LogP contribution in [0.5, 0.6) is 0 Å². The number of carboxylic acids is 3. The second-order valence-corrected chi connectivity index (χ2v) is 11.5. The van der Waals surface area contributed by atoms with Crippen LogP contribution in [-0.4, -0.2) is 132 Å². The fraction of sp³-hybridized carbons (Fsp3) is 0.692. The van der Waals surface area contributed by atoms with E-state index in [4.69, 9.17) is 34.4 Å². The molecule has 3 N–H and O–H groups in total. The molecule has 2 atom stereocenters. The Balaban J connectivity index is 0.000000820. The minimum atomic E-state index is -5.08. The van der Waals surface area contributed by atoms with Crippen molar-refractivity contribution in [1.82, 2.24) is 14.7 Å². The lowest BCUT2D eigenvalue weighted by atomic mass is 9.75. The molecule has 1 aromatic heterocycles. The van der Waals surface area contributed by atoms with Gasteiger partial charge in [-0.2, -0.15) is 39.5 Å². The normalized spacial score (nSPS) is 20.2. The number of aliphatic carboxylic acids is 3. The molecule has 21 heteroatoms. The molecule has 0 radical (unpaired) electrons. The van der Waals surface area contributed by atoms with Crippen LogP contribution in [-0.2, 0) is 30.5 Å². The van der Waals surface area contributed by atoms with Gasteiger partial charge in [-0.3, -0.25) is 9.69 Å². The Labute approximate surface area is 267 Å². The third-order valence-electron chi connectivity index (χ3n) is 6.57. The highest BCUT2D eigenvalue weighted by Crippen LogP contribution is 2.44. The van der Waals surface area contributed by atoms with Gasteiger partial charge in [0, 0.05) is 50.1 Å². The highest BCUT2D eigenvalue weighted by Gasteiger charge is 2.53. The molecular weight excluding hydrogens is 685 g/mol. The number of alkyl halides is 9. The van der Waals surface area contributed by atoms with Crippen LogP contribution in [0.2, 0.25) is 0 Å². The first-order valence-electron chi connectivity index (χ1n) is 13.6. The molecule has 0 aromatic carbocycles. The number of thiophene rings is 1. The lowest BCUT2D eigenvalue weighted by molar-refractivity contribution is -0.193. The first-order valence-corrected chi connectivity index (χ1v) is 14.4. The van der Waals surface area contributed by atoms with Gasteiger partial charge in [-0.25, -0.2) is 14.4 Å². The highest BCUT2D eigenvalue weighted by atomic mass is 32.1. The lowest BCUT2D eigenvalue weighted by Gasteiger charge is -2.31. The van der Waals surface area contributed by atoms with Gasteiger partial charge in [0.05, 0.1) is 12.0 Å². The van der Waals surface area contributed by atoms with Gasteiger partial charge in [-0.15, -0.1) is 11.3 Å². The van der Waals surface area contributed by atoms with Gasteiger partial charge in [-0.05, 0) is 51.9 Å². The standard InChI is InChI=1S/C20H33N3O2S.3C2HF3O2/c1-4-25-19(24)20-8-6-9-22(15-18-7-5-12-26-18)13-17(20)14-23(16-20)11-10-21(2)3;3*3-2(4,5)1(6)7/h5,7,12,17H,4,6,8-11,13-16H2,1-3H3;3*(H,6,7)/t17-,20-;;;/m0.../s1. The molecular formula is C26H36F9N3O8S. The van der Waals surface area contributed by atoms with Crippen molar-refractivity contribution in [1.29, 1.82) is 0 Å². The Kier molecular flexibility index (Phi) is 17.7. The summed E-state index contributed by atoms with van der Waals surface area (Å²) in [7, 11) is 4.22. The van der Waals surface area contributed by atoms with Crippen molar-refractivity contribution < 1.29 is 78.7 Å². The summed E-state index contributed by atoms with van der Waals surface area (Å²) >= 11 is 1.82. The van der Waals surface area contributed by atoms with E-state index in [2.05, 4.69) is 46.3 Å². The van der Waals surface area contributed by atoms with Crippen LogP contribution >= 0.6 is 11.3 Å². The average Bonchev–Trinajstić information content (AvgIpc) is 3.51. The van der Waals surface area contributed by atoms with Crippen molar-refractivity contribution in [3.63, 3.8) is 0 Å². The van der Waals surface area contributed by atoms with Crippen molar-refractivity contribution in [3.05, 3.63) is 22.4 Å². The second kappa shape index (κ2) is 19.0. The van der Waals surface area contributed by atoms with Crippen LogP contribution in [0.15, 0.2) is 17.5 Å². The van der Waals surface area contributed by atoms with Gasteiger partial charge in [0.15, 0.2) is 0 Å². The van der Waals surface area contributed by atoms with E-state index in [1.807, 2.05) is 18.3 Å². The van der Waals surface area contributed by atoms with E-state index in [9.17, 15) is 44.3 Å². The van der Waals surface area contributed by atoms with E-state index < -0.39 is 36.4 Å². The molecule has 47 heavy (non-hydrogen) atoms. The summed E-state index contributed by atoms with van der Waals surface area (Å²) in [5.41, 5.74) is -0.313. The van der Waals surface area contributed by atoms with E-state index in [0.717, 1.165) is 58.7 Å². The monoisotopic (exact) mass is 721 g/mol. The summed E-state index contributed by atoms with van der Waals surface area (Å²) in [6.07, 6.45) is -13.2. The fourth-order valence-electron chi connectivity index (χ4n) is 4.50. The molecule has 0 aliphatic carbocycles. The van der Waals surface area contributed by atoms with E-state index in [-0.39, 0.29) is 11.4 Å². The zero-order chi connectivity index (χ0) is 36.8. The molecule has 272 valence electrons. The zero-order valence-corrected chi connectivity index (χ0v) is 26.2. The summed E-state index contributed by atoms with van der Waals surface area (Å²) in [6.45, 7) is 9.39. The molecule has 0 unspecified atom stereocenters. The van der Waals surface area contributed by atoms with Crippen LogP contribution in [0, 0.1) is 11.3 Å². The van der Waals surface area contributed by atoms with Crippen molar-refractivity contribution >= 4 is 35.2 Å². The van der Waals surface area contributed by atoms with Gasteiger partial charge in [0.2, 0.25) is 0 Å². The van der Waals surface area contributed by atoms with Crippen molar-refractivity contribution in [3.8, 4) is 0 Å². The van der Waals surface area contributed by atoms with Gasteiger partial charge in [0.25, 0.3) is 0 Å². The number of nitrogens with zero attached hydrogens (tertiary/aromatic N) is 3. The number of esters is 1. The number of carbonyl (C=O) groups excluding carboxylic acids is 1. The molecule has 2 saturated heterocycles. The SMILES string of the molecule is CCOC(=O)[C@]12CCCN(Cc3cccs3)C[C@H]1CN(CCN(C)C)C2.O=C(O)C(F)(F)F.O=C(O)C(F)(F)F.O=C(O)C(F)(F)F. The van der Waals surface area contributed by atoms with Crippen molar-refractivity contribution in [2.45, 2.75) is 44.8 Å². The van der Waals surface area contributed by atoms with E-state index in [1.54, 1.807) is 0 Å². The van der Waals surface area contributed by atoms with Gasteiger partial charge in [0.1, 0.15) is 0 Å². The number of hydrogen-bond acceptors (Lipinski definition) is 9.